The summed E-state index contributed by atoms with van der Waals surface area (Å²) in [6, 6.07) is 10.2. The Balaban J connectivity index is 1.56. The van der Waals surface area contributed by atoms with E-state index in [1.54, 1.807) is 6.07 Å². The summed E-state index contributed by atoms with van der Waals surface area (Å²) in [4.78, 5) is 10.3. The molecule has 1 aliphatic heterocycles. The maximum absolute atomic E-state index is 10.8. The second-order valence-corrected chi connectivity index (χ2v) is 7.34. The van der Waals surface area contributed by atoms with E-state index >= 15 is 0 Å². The van der Waals surface area contributed by atoms with Crippen LogP contribution < -0.4 is 4.74 Å². The maximum Gasteiger partial charge on any atom is 0.269 e. The van der Waals surface area contributed by atoms with E-state index in [0.29, 0.717) is 64.2 Å². The fourth-order valence-corrected chi connectivity index (χ4v) is 2.91. The molecule has 1 atom stereocenters. The van der Waals surface area contributed by atoms with Crippen molar-refractivity contribution in [3.05, 3.63) is 52.6 Å². The SMILES string of the molecule is O=[N+]([O-])c1ccc(N=Nc2ccc(O)c(OCC3COCCOCCOCCOCCO3)c2)cc1. The van der Waals surface area contributed by atoms with Gasteiger partial charge in [-0.3, -0.25) is 10.1 Å². The number of nitro benzene ring substituents is 1. The first-order valence-electron chi connectivity index (χ1n) is 11.2. The van der Waals surface area contributed by atoms with Gasteiger partial charge in [0, 0.05) is 18.2 Å². The topological polar surface area (TPSA) is 143 Å². The molecular formula is C23H29N3O9. The van der Waals surface area contributed by atoms with Crippen LogP contribution >= 0.6 is 0 Å². The highest BCUT2D eigenvalue weighted by atomic mass is 16.6. The average molecular weight is 491 g/mol. The van der Waals surface area contributed by atoms with Gasteiger partial charge in [0.05, 0.1) is 75.8 Å². The minimum Gasteiger partial charge on any atom is -0.504 e. The van der Waals surface area contributed by atoms with E-state index in [4.69, 9.17) is 28.4 Å². The van der Waals surface area contributed by atoms with Gasteiger partial charge in [0.15, 0.2) is 11.5 Å². The van der Waals surface area contributed by atoms with Crippen LogP contribution in [0.3, 0.4) is 0 Å². The lowest BCUT2D eigenvalue weighted by molar-refractivity contribution is -0.384. The highest BCUT2D eigenvalue weighted by Crippen LogP contribution is 2.31. The number of nitrogens with zero attached hydrogens (tertiary/aromatic N) is 3. The summed E-state index contributed by atoms with van der Waals surface area (Å²) in [5, 5.41) is 29.1. The summed E-state index contributed by atoms with van der Waals surface area (Å²) in [5.41, 5.74) is 0.852. The van der Waals surface area contributed by atoms with Gasteiger partial charge in [-0.2, -0.15) is 10.2 Å². The summed E-state index contributed by atoms with van der Waals surface area (Å²) in [7, 11) is 0. The number of aromatic hydroxyl groups is 1. The number of phenolic OH excluding ortho intramolecular Hbond substituents is 1. The summed E-state index contributed by atoms with van der Waals surface area (Å²) >= 11 is 0. The van der Waals surface area contributed by atoms with Crippen molar-refractivity contribution in [1.29, 1.82) is 0 Å². The Morgan fingerprint density at radius 2 is 1.43 bits per heavy atom. The fraction of sp³-hybridized carbons (Fsp3) is 0.478. The van der Waals surface area contributed by atoms with Crippen molar-refractivity contribution < 1.29 is 38.5 Å². The number of nitro groups is 1. The lowest BCUT2D eigenvalue weighted by Gasteiger charge is -2.19. The van der Waals surface area contributed by atoms with Gasteiger partial charge in [0.25, 0.3) is 5.69 Å². The van der Waals surface area contributed by atoms with Crippen molar-refractivity contribution in [2.75, 3.05) is 66.1 Å². The van der Waals surface area contributed by atoms with Crippen LogP contribution in [-0.2, 0) is 23.7 Å². The van der Waals surface area contributed by atoms with E-state index in [2.05, 4.69) is 10.2 Å². The van der Waals surface area contributed by atoms with Gasteiger partial charge in [0.1, 0.15) is 12.7 Å². The first-order chi connectivity index (χ1) is 17.1. The molecule has 1 saturated heterocycles. The van der Waals surface area contributed by atoms with Gasteiger partial charge < -0.3 is 33.5 Å². The average Bonchev–Trinajstić information content (AvgIpc) is 2.87. The van der Waals surface area contributed by atoms with Crippen LogP contribution in [0.2, 0.25) is 0 Å². The van der Waals surface area contributed by atoms with Crippen LogP contribution in [0.25, 0.3) is 0 Å². The quantitative estimate of drug-likeness (QED) is 0.364. The second kappa shape index (κ2) is 15.0. The van der Waals surface area contributed by atoms with Crippen LogP contribution in [-0.4, -0.2) is 82.2 Å². The third-order valence-corrected chi connectivity index (χ3v) is 4.71. The molecule has 0 aliphatic carbocycles. The Hall–Kier alpha value is -3.16. The number of non-ortho nitro benzene ring substituents is 1. The lowest BCUT2D eigenvalue weighted by atomic mass is 10.3. The molecule has 1 unspecified atom stereocenters. The minimum atomic E-state index is -0.485. The molecule has 1 N–H and O–H groups in total. The Kier molecular flexibility index (Phi) is 11.3. The van der Waals surface area contributed by atoms with Gasteiger partial charge in [-0.1, -0.05) is 0 Å². The Labute approximate surface area is 202 Å². The number of hydrogen-bond donors (Lipinski definition) is 1. The molecule has 12 nitrogen and oxygen atoms in total. The summed E-state index contributed by atoms with van der Waals surface area (Å²) in [6.45, 7) is 3.95. The molecular weight excluding hydrogens is 462 g/mol. The molecule has 0 amide bonds. The molecule has 0 aromatic heterocycles. The molecule has 1 fully saturated rings. The Morgan fingerprint density at radius 3 is 2.09 bits per heavy atom. The first-order valence-corrected chi connectivity index (χ1v) is 11.2. The number of benzene rings is 2. The van der Waals surface area contributed by atoms with Crippen LogP contribution in [0.5, 0.6) is 11.5 Å². The molecule has 2 aromatic rings. The zero-order chi connectivity index (χ0) is 24.7. The van der Waals surface area contributed by atoms with Gasteiger partial charge >= 0.3 is 0 Å². The smallest absolute Gasteiger partial charge is 0.269 e. The third kappa shape index (κ3) is 9.92. The van der Waals surface area contributed by atoms with Gasteiger partial charge in [-0.25, -0.2) is 0 Å². The fourth-order valence-electron chi connectivity index (χ4n) is 2.91. The van der Waals surface area contributed by atoms with Gasteiger partial charge in [0.2, 0.25) is 0 Å². The summed E-state index contributed by atoms with van der Waals surface area (Å²) in [6.07, 6.45) is -0.398. The number of ether oxygens (including phenoxy) is 6. The van der Waals surface area contributed by atoms with Crippen LogP contribution in [0, 0.1) is 10.1 Å². The van der Waals surface area contributed by atoms with E-state index in [9.17, 15) is 15.2 Å². The predicted molar refractivity (Wildman–Crippen MR) is 124 cm³/mol. The van der Waals surface area contributed by atoms with Gasteiger partial charge in [-0.05, 0) is 24.3 Å². The van der Waals surface area contributed by atoms with Crippen LogP contribution in [0.1, 0.15) is 0 Å². The Bertz CT molecular complexity index is 924. The molecule has 3 rings (SSSR count). The normalized spacial score (nSPS) is 19.0. The maximum atomic E-state index is 10.8. The lowest BCUT2D eigenvalue weighted by Crippen LogP contribution is -2.29. The molecule has 1 heterocycles. The molecule has 2 aromatic carbocycles. The van der Waals surface area contributed by atoms with Crippen molar-refractivity contribution in [3.63, 3.8) is 0 Å². The van der Waals surface area contributed by atoms with Crippen molar-refractivity contribution in [1.82, 2.24) is 0 Å². The van der Waals surface area contributed by atoms with E-state index in [-0.39, 0.29) is 30.4 Å². The monoisotopic (exact) mass is 491 g/mol. The van der Waals surface area contributed by atoms with Crippen molar-refractivity contribution >= 4 is 17.1 Å². The van der Waals surface area contributed by atoms with E-state index < -0.39 is 11.0 Å². The third-order valence-electron chi connectivity index (χ3n) is 4.71. The Morgan fingerprint density at radius 1 is 0.857 bits per heavy atom. The van der Waals surface area contributed by atoms with Crippen molar-refractivity contribution in [3.8, 4) is 11.5 Å². The zero-order valence-electron chi connectivity index (χ0n) is 19.2. The zero-order valence-corrected chi connectivity index (χ0v) is 19.2. The van der Waals surface area contributed by atoms with E-state index in [0.717, 1.165) is 0 Å². The van der Waals surface area contributed by atoms with Gasteiger partial charge in [-0.15, -0.1) is 0 Å². The van der Waals surface area contributed by atoms with E-state index in [1.165, 1.54) is 36.4 Å². The summed E-state index contributed by atoms with van der Waals surface area (Å²) < 4.78 is 33.5. The molecule has 0 bridgehead atoms. The number of azo groups is 1. The molecule has 0 spiro atoms. The van der Waals surface area contributed by atoms with E-state index in [1.807, 2.05) is 0 Å². The minimum absolute atomic E-state index is 0.0307. The number of rotatable bonds is 6. The molecule has 0 radical (unpaired) electrons. The summed E-state index contributed by atoms with van der Waals surface area (Å²) in [5.74, 6) is 0.149. The largest absolute Gasteiger partial charge is 0.504 e. The molecule has 35 heavy (non-hydrogen) atoms. The number of phenols is 1. The van der Waals surface area contributed by atoms with Crippen LogP contribution in [0.4, 0.5) is 17.1 Å². The predicted octanol–water partition coefficient (Wildman–Crippen LogP) is 3.56. The first kappa shape index (κ1) is 26.4. The second-order valence-electron chi connectivity index (χ2n) is 7.34. The molecule has 12 heteroatoms. The molecule has 1 aliphatic rings. The van der Waals surface area contributed by atoms with Crippen molar-refractivity contribution in [2.45, 2.75) is 6.10 Å². The van der Waals surface area contributed by atoms with Crippen molar-refractivity contribution in [2.24, 2.45) is 10.2 Å². The highest BCUT2D eigenvalue weighted by molar-refractivity contribution is 5.51. The molecule has 0 saturated carbocycles. The number of hydrogen-bond acceptors (Lipinski definition) is 11. The molecule has 190 valence electrons. The van der Waals surface area contributed by atoms with Crippen LogP contribution in [0.15, 0.2) is 52.7 Å². The standard InChI is InChI=1S/C23H29N3O9/c27-22-6-3-19(25-24-18-1-4-20(5-2-18)26(28)29)15-23(22)35-17-21-16-33-12-11-31-8-7-30-9-10-32-13-14-34-21/h1-6,15,21,27H,7-14,16-17H2. The highest BCUT2D eigenvalue weighted by Gasteiger charge is 2.14.